The Bertz CT molecular complexity index is 907. The Morgan fingerprint density at radius 3 is 2.76 bits per heavy atom. The molecule has 0 bridgehead atoms. The van der Waals surface area contributed by atoms with Crippen molar-refractivity contribution < 1.29 is 27.4 Å². The van der Waals surface area contributed by atoms with Crippen LogP contribution in [0, 0.1) is 0 Å². The first-order valence-electron chi connectivity index (χ1n) is 9.14. The summed E-state index contributed by atoms with van der Waals surface area (Å²) in [5.74, 6) is 2.19. The number of carbonyl (C=O) groups excluding carboxylic acids is 1. The van der Waals surface area contributed by atoms with Crippen molar-refractivity contribution in [1.82, 2.24) is 4.90 Å². The van der Waals surface area contributed by atoms with Gasteiger partial charge in [-0.1, -0.05) is 12.1 Å². The minimum Gasteiger partial charge on any atom is -0.454 e. The van der Waals surface area contributed by atoms with Crippen LogP contribution in [0.15, 0.2) is 42.5 Å². The van der Waals surface area contributed by atoms with Crippen molar-refractivity contribution in [3.8, 4) is 11.5 Å². The van der Waals surface area contributed by atoms with Crippen molar-refractivity contribution in [1.29, 1.82) is 0 Å². The van der Waals surface area contributed by atoms with Crippen LogP contribution in [0.4, 0.5) is 23.7 Å². The predicted molar refractivity (Wildman–Crippen MR) is 104 cm³/mol. The van der Waals surface area contributed by atoms with E-state index in [4.69, 9.17) is 9.47 Å². The monoisotopic (exact) mass is 424 g/mol. The van der Waals surface area contributed by atoms with E-state index in [-0.39, 0.29) is 17.7 Å². The second-order valence-electron chi connectivity index (χ2n) is 6.76. The number of halogens is 3. The molecule has 2 amide bonds. The maximum absolute atomic E-state index is 12.9. The fourth-order valence-electron chi connectivity index (χ4n) is 3.33. The number of hydrogen-bond acceptors (Lipinski definition) is 4. The number of urea groups is 1. The molecular formula is C20H19F3N2O3S. The Balaban J connectivity index is 1.39. The second-order valence-corrected chi connectivity index (χ2v) is 8.07. The van der Waals surface area contributed by atoms with E-state index in [1.165, 1.54) is 12.1 Å². The van der Waals surface area contributed by atoms with E-state index in [1.807, 2.05) is 18.2 Å². The van der Waals surface area contributed by atoms with Crippen molar-refractivity contribution in [2.45, 2.75) is 17.8 Å². The summed E-state index contributed by atoms with van der Waals surface area (Å²) < 4.78 is 49.3. The van der Waals surface area contributed by atoms with Gasteiger partial charge in [0.1, 0.15) is 0 Å². The highest BCUT2D eigenvalue weighted by atomic mass is 32.2. The van der Waals surface area contributed by atoms with Gasteiger partial charge in [-0.2, -0.15) is 24.9 Å². The lowest BCUT2D eigenvalue weighted by molar-refractivity contribution is -0.137. The number of alkyl halides is 3. The summed E-state index contributed by atoms with van der Waals surface area (Å²) in [6.45, 7) is 1.26. The number of thioether (sulfide) groups is 1. The number of carbonyl (C=O) groups is 1. The number of amides is 2. The van der Waals surface area contributed by atoms with Crippen molar-refractivity contribution in [2.75, 3.05) is 31.0 Å². The first kappa shape index (κ1) is 19.8. The Kier molecular flexibility index (Phi) is 5.49. The summed E-state index contributed by atoms with van der Waals surface area (Å²) in [7, 11) is 0. The lowest BCUT2D eigenvalue weighted by Gasteiger charge is -2.21. The highest BCUT2D eigenvalue weighted by molar-refractivity contribution is 7.99. The van der Waals surface area contributed by atoms with Gasteiger partial charge in [0.25, 0.3) is 0 Å². The van der Waals surface area contributed by atoms with E-state index >= 15 is 0 Å². The molecule has 154 valence electrons. The SMILES string of the molecule is O=C(Nc1cccc(C(F)(F)F)c1)N1CCSC(c2ccc3c(c2)OCO3)CC1. The van der Waals surface area contributed by atoms with Crippen molar-refractivity contribution in [2.24, 2.45) is 0 Å². The van der Waals surface area contributed by atoms with E-state index in [0.29, 0.717) is 13.1 Å². The zero-order valence-corrected chi connectivity index (χ0v) is 16.2. The van der Waals surface area contributed by atoms with Crippen LogP contribution in [0.25, 0.3) is 0 Å². The molecule has 1 fully saturated rings. The molecule has 1 unspecified atom stereocenters. The lowest BCUT2D eigenvalue weighted by Crippen LogP contribution is -2.36. The molecule has 1 saturated heterocycles. The molecule has 0 aromatic heterocycles. The van der Waals surface area contributed by atoms with Gasteiger partial charge in [-0.05, 0) is 42.3 Å². The number of nitrogens with zero attached hydrogens (tertiary/aromatic N) is 1. The van der Waals surface area contributed by atoms with Gasteiger partial charge in [0.2, 0.25) is 6.79 Å². The van der Waals surface area contributed by atoms with Crippen LogP contribution in [0.2, 0.25) is 0 Å². The van der Waals surface area contributed by atoms with Crippen LogP contribution in [-0.4, -0.2) is 36.6 Å². The number of anilines is 1. The quantitative estimate of drug-likeness (QED) is 0.725. The molecule has 4 rings (SSSR count). The summed E-state index contributed by atoms with van der Waals surface area (Å²) in [6, 6.07) is 10.1. The van der Waals surface area contributed by atoms with Crippen molar-refractivity contribution in [3.05, 3.63) is 53.6 Å². The van der Waals surface area contributed by atoms with E-state index < -0.39 is 17.8 Å². The molecule has 2 aromatic rings. The third-order valence-corrected chi connectivity index (χ3v) is 6.17. The number of fused-ring (bicyclic) bond motifs is 1. The fourth-order valence-corrected chi connectivity index (χ4v) is 4.55. The molecule has 1 N–H and O–H groups in total. The maximum Gasteiger partial charge on any atom is 0.416 e. The van der Waals surface area contributed by atoms with Crippen LogP contribution < -0.4 is 14.8 Å². The molecule has 2 heterocycles. The topological polar surface area (TPSA) is 50.8 Å². The molecule has 2 aliphatic heterocycles. The van der Waals surface area contributed by atoms with Gasteiger partial charge in [0, 0.05) is 29.8 Å². The average molecular weight is 424 g/mol. The third-order valence-electron chi connectivity index (χ3n) is 4.84. The first-order valence-corrected chi connectivity index (χ1v) is 10.2. The number of nitrogens with one attached hydrogen (secondary N) is 1. The van der Waals surface area contributed by atoms with Gasteiger partial charge < -0.3 is 19.7 Å². The Hall–Kier alpha value is -2.55. The van der Waals surface area contributed by atoms with Crippen LogP contribution in [0.3, 0.4) is 0 Å². The molecule has 0 radical (unpaired) electrons. The molecule has 9 heteroatoms. The lowest BCUT2D eigenvalue weighted by atomic mass is 10.1. The largest absolute Gasteiger partial charge is 0.454 e. The van der Waals surface area contributed by atoms with Crippen LogP contribution in [-0.2, 0) is 6.18 Å². The highest BCUT2D eigenvalue weighted by Gasteiger charge is 2.31. The average Bonchev–Trinajstić information content (AvgIpc) is 3.02. The van der Waals surface area contributed by atoms with Crippen LogP contribution in [0.1, 0.15) is 22.8 Å². The third kappa shape index (κ3) is 4.55. The Labute approximate surface area is 170 Å². The predicted octanol–water partition coefficient (Wildman–Crippen LogP) is 5.15. The van der Waals surface area contributed by atoms with Gasteiger partial charge in [0.05, 0.1) is 5.56 Å². The van der Waals surface area contributed by atoms with E-state index in [0.717, 1.165) is 41.4 Å². The van der Waals surface area contributed by atoms with Crippen LogP contribution >= 0.6 is 11.8 Å². The molecule has 0 saturated carbocycles. The highest BCUT2D eigenvalue weighted by Crippen LogP contribution is 2.40. The van der Waals surface area contributed by atoms with Crippen LogP contribution in [0.5, 0.6) is 11.5 Å². The van der Waals surface area contributed by atoms with E-state index in [2.05, 4.69) is 5.32 Å². The van der Waals surface area contributed by atoms with E-state index in [9.17, 15) is 18.0 Å². The summed E-state index contributed by atoms with van der Waals surface area (Å²) in [6.07, 6.45) is -3.71. The number of ether oxygens (including phenoxy) is 2. The Morgan fingerprint density at radius 2 is 1.93 bits per heavy atom. The molecule has 2 aliphatic rings. The molecule has 0 spiro atoms. The maximum atomic E-state index is 12.9. The van der Waals surface area contributed by atoms with E-state index in [1.54, 1.807) is 16.7 Å². The van der Waals surface area contributed by atoms with Crippen molar-refractivity contribution in [3.63, 3.8) is 0 Å². The molecule has 2 aromatic carbocycles. The number of benzene rings is 2. The zero-order valence-electron chi connectivity index (χ0n) is 15.4. The number of hydrogen-bond donors (Lipinski definition) is 1. The standard InChI is InChI=1S/C20H19F3N2O3S/c21-20(22,23)14-2-1-3-15(11-14)24-19(26)25-7-6-18(29-9-8-25)13-4-5-16-17(10-13)28-12-27-16/h1-5,10-11,18H,6-9,12H2,(H,24,26). The molecule has 5 nitrogen and oxygen atoms in total. The summed E-state index contributed by atoms with van der Waals surface area (Å²) in [5, 5.41) is 2.79. The van der Waals surface area contributed by atoms with Gasteiger partial charge in [-0.25, -0.2) is 4.79 Å². The summed E-state index contributed by atoms with van der Waals surface area (Å²) >= 11 is 1.75. The Morgan fingerprint density at radius 1 is 1.10 bits per heavy atom. The molecule has 1 atom stereocenters. The molecule has 29 heavy (non-hydrogen) atoms. The smallest absolute Gasteiger partial charge is 0.416 e. The normalized spacial score (nSPS) is 19.0. The minimum atomic E-state index is -4.45. The first-order chi connectivity index (χ1) is 13.9. The van der Waals surface area contributed by atoms with Gasteiger partial charge in [0.15, 0.2) is 11.5 Å². The number of rotatable bonds is 2. The minimum absolute atomic E-state index is 0.133. The van der Waals surface area contributed by atoms with Gasteiger partial charge in [-0.3, -0.25) is 0 Å². The molecular weight excluding hydrogens is 405 g/mol. The van der Waals surface area contributed by atoms with Gasteiger partial charge in [-0.15, -0.1) is 0 Å². The fraction of sp³-hybridized carbons (Fsp3) is 0.350. The van der Waals surface area contributed by atoms with Crippen molar-refractivity contribution >= 4 is 23.5 Å². The summed E-state index contributed by atoms with van der Waals surface area (Å²) in [4.78, 5) is 14.2. The van der Waals surface area contributed by atoms with Gasteiger partial charge >= 0.3 is 12.2 Å². The second kappa shape index (κ2) is 8.06. The summed E-state index contributed by atoms with van der Waals surface area (Å²) in [5.41, 5.74) is 0.457. The zero-order chi connectivity index (χ0) is 20.4. The molecule has 0 aliphatic carbocycles.